The van der Waals surface area contributed by atoms with Crippen LogP contribution in [0.4, 0.5) is 11.6 Å². The minimum absolute atomic E-state index is 0.423. The van der Waals surface area contributed by atoms with Crippen LogP contribution in [0.15, 0.2) is 42.6 Å². The minimum Gasteiger partial charge on any atom is -0.497 e. The molecule has 8 nitrogen and oxygen atoms in total. The number of hydrogen-bond donors (Lipinski definition) is 1. The van der Waals surface area contributed by atoms with E-state index < -0.39 is 0 Å². The summed E-state index contributed by atoms with van der Waals surface area (Å²) in [5, 5.41) is 3.17. The summed E-state index contributed by atoms with van der Waals surface area (Å²) in [6.45, 7) is 0. The van der Waals surface area contributed by atoms with Crippen molar-refractivity contribution in [2.24, 2.45) is 0 Å². The highest BCUT2D eigenvalue weighted by molar-refractivity contribution is 5.70. The van der Waals surface area contributed by atoms with Crippen molar-refractivity contribution in [2.45, 2.75) is 0 Å². The Morgan fingerprint density at radius 3 is 1.86 bits per heavy atom. The molecule has 8 heteroatoms. The molecular weight excluding hydrogens is 374 g/mol. The molecule has 0 aliphatic heterocycles. The van der Waals surface area contributed by atoms with Crippen LogP contribution in [0.2, 0.25) is 0 Å². The van der Waals surface area contributed by atoms with Gasteiger partial charge in [0.25, 0.3) is 0 Å². The highest BCUT2D eigenvalue weighted by Crippen LogP contribution is 2.41. The molecule has 3 rings (SSSR count). The lowest BCUT2D eigenvalue weighted by Crippen LogP contribution is -2.00. The molecule has 1 heterocycles. The quantitative estimate of drug-likeness (QED) is 0.612. The highest BCUT2D eigenvalue weighted by Gasteiger charge is 2.15. The molecule has 0 bridgehead atoms. The molecule has 0 unspecified atom stereocenters. The van der Waals surface area contributed by atoms with Gasteiger partial charge in [0, 0.05) is 35.6 Å². The van der Waals surface area contributed by atoms with Crippen LogP contribution in [-0.2, 0) is 0 Å². The Morgan fingerprint density at radius 2 is 1.34 bits per heavy atom. The first-order valence-corrected chi connectivity index (χ1v) is 8.75. The number of methoxy groups -OCH3 is 5. The minimum atomic E-state index is 0.423. The molecule has 0 aliphatic carbocycles. The average Bonchev–Trinajstić information content (AvgIpc) is 2.77. The third kappa shape index (κ3) is 4.43. The van der Waals surface area contributed by atoms with Crippen LogP contribution in [0.5, 0.6) is 28.7 Å². The maximum atomic E-state index is 5.43. The summed E-state index contributed by atoms with van der Waals surface area (Å²) in [5.41, 5.74) is 2.23. The number of nitrogens with zero attached hydrogens (tertiary/aromatic N) is 2. The third-order valence-electron chi connectivity index (χ3n) is 4.22. The summed E-state index contributed by atoms with van der Waals surface area (Å²) in [6, 6.07) is 10.9. The van der Waals surface area contributed by atoms with E-state index in [1.54, 1.807) is 53.9 Å². The number of anilines is 2. The lowest BCUT2D eigenvalue weighted by atomic mass is 10.1. The van der Waals surface area contributed by atoms with Crippen LogP contribution < -0.4 is 29.0 Å². The Labute approximate surface area is 169 Å². The van der Waals surface area contributed by atoms with Gasteiger partial charge in [0.05, 0.1) is 41.2 Å². The van der Waals surface area contributed by atoms with E-state index in [9.17, 15) is 0 Å². The van der Waals surface area contributed by atoms with E-state index in [1.807, 2.05) is 24.3 Å². The molecule has 0 atom stereocenters. The molecule has 0 spiro atoms. The zero-order chi connectivity index (χ0) is 20.8. The molecule has 0 saturated carbocycles. The van der Waals surface area contributed by atoms with Crippen molar-refractivity contribution in [3.63, 3.8) is 0 Å². The summed E-state index contributed by atoms with van der Waals surface area (Å²) < 4.78 is 26.8. The van der Waals surface area contributed by atoms with Crippen LogP contribution in [0.3, 0.4) is 0 Å². The fourth-order valence-electron chi connectivity index (χ4n) is 2.82. The molecule has 0 fully saturated rings. The smallest absolute Gasteiger partial charge is 0.227 e. The first-order valence-electron chi connectivity index (χ1n) is 8.75. The fourth-order valence-corrected chi connectivity index (χ4v) is 2.82. The Bertz CT molecular complexity index is 947. The van der Waals surface area contributed by atoms with Crippen LogP contribution >= 0.6 is 0 Å². The van der Waals surface area contributed by atoms with Gasteiger partial charge in [-0.3, -0.25) is 0 Å². The maximum Gasteiger partial charge on any atom is 0.227 e. The van der Waals surface area contributed by atoms with Crippen molar-refractivity contribution < 1.29 is 23.7 Å². The van der Waals surface area contributed by atoms with Gasteiger partial charge in [0.15, 0.2) is 11.5 Å². The number of nitrogens with one attached hydrogen (secondary N) is 1. The zero-order valence-electron chi connectivity index (χ0n) is 17.0. The molecule has 0 aliphatic rings. The lowest BCUT2D eigenvalue weighted by Gasteiger charge is -2.14. The van der Waals surface area contributed by atoms with E-state index in [-0.39, 0.29) is 0 Å². The Hall–Kier alpha value is -3.68. The van der Waals surface area contributed by atoms with Crippen molar-refractivity contribution in [3.8, 4) is 40.0 Å². The van der Waals surface area contributed by atoms with Gasteiger partial charge in [-0.15, -0.1) is 0 Å². The van der Waals surface area contributed by atoms with Gasteiger partial charge in [-0.05, 0) is 18.2 Å². The molecule has 1 aromatic heterocycles. The summed E-state index contributed by atoms with van der Waals surface area (Å²) in [6.07, 6.45) is 1.67. The summed E-state index contributed by atoms with van der Waals surface area (Å²) in [7, 11) is 7.91. The molecule has 152 valence electrons. The van der Waals surface area contributed by atoms with Crippen LogP contribution in [0.25, 0.3) is 11.3 Å². The van der Waals surface area contributed by atoms with Gasteiger partial charge in [-0.2, -0.15) is 0 Å². The first-order chi connectivity index (χ1) is 14.1. The normalized spacial score (nSPS) is 10.2. The van der Waals surface area contributed by atoms with Crippen LogP contribution in [0, 0.1) is 0 Å². The largest absolute Gasteiger partial charge is 0.497 e. The van der Waals surface area contributed by atoms with Gasteiger partial charge in [0.1, 0.15) is 11.5 Å². The molecular formula is C21H23N3O5. The van der Waals surface area contributed by atoms with Crippen molar-refractivity contribution in [1.29, 1.82) is 0 Å². The zero-order valence-corrected chi connectivity index (χ0v) is 17.0. The van der Waals surface area contributed by atoms with Gasteiger partial charge >= 0.3 is 0 Å². The average molecular weight is 397 g/mol. The highest BCUT2D eigenvalue weighted by atomic mass is 16.5. The number of ether oxygens (including phenoxy) is 5. The molecule has 2 aromatic carbocycles. The summed E-state index contributed by atoms with van der Waals surface area (Å²) >= 11 is 0. The number of benzene rings is 2. The fraction of sp³-hybridized carbons (Fsp3) is 0.238. The second-order valence-corrected chi connectivity index (χ2v) is 5.91. The maximum absolute atomic E-state index is 5.43. The summed E-state index contributed by atoms with van der Waals surface area (Å²) in [4.78, 5) is 8.90. The van der Waals surface area contributed by atoms with E-state index in [2.05, 4.69) is 15.3 Å². The third-order valence-corrected chi connectivity index (χ3v) is 4.22. The second kappa shape index (κ2) is 9.01. The standard InChI is InChI=1S/C21H23N3O5/c1-25-15-10-14(11-16(12-15)26-2)23-21-22-7-6-17(24-21)13-8-18(27-3)20(29-5)19(9-13)28-4/h6-12H,1-5H3,(H,22,23,24). The van der Waals surface area contributed by atoms with Crippen LogP contribution in [-0.4, -0.2) is 45.5 Å². The van der Waals surface area contributed by atoms with E-state index in [4.69, 9.17) is 23.7 Å². The van der Waals surface area contributed by atoms with Crippen molar-refractivity contribution >= 4 is 11.6 Å². The van der Waals surface area contributed by atoms with Crippen molar-refractivity contribution in [2.75, 3.05) is 40.9 Å². The van der Waals surface area contributed by atoms with E-state index >= 15 is 0 Å². The molecule has 29 heavy (non-hydrogen) atoms. The Balaban J connectivity index is 1.96. The molecule has 1 N–H and O–H groups in total. The molecule has 0 amide bonds. The molecule has 0 saturated heterocycles. The van der Waals surface area contributed by atoms with Gasteiger partial charge in [0.2, 0.25) is 11.7 Å². The first kappa shape index (κ1) is 20.1. The SMILES string of the molecule is COc1cc(Nc2nccc(-c3cc(OC)c(OC)c(OC)c3)n2)cc(OC)c1. The summed E-state index contributed by atoms with van der Waals surface area (Å²) in [5.74, 6) is 3.36. The van der Waals surface area contributed by atoms with Crippen molar-refractivity contribution in [1.82, 2.24) is 9.97 Å². The topological polar surface area (TPSA) is 84.0 Å². The number of aromatic nitrogens is 2. The Kier molecular flexibility index (Phi) is 6.23. The predicted octanol–water partition coefficient (Wildman–Crippen LogP) is 3.93. The lowest BCUT2D eigenvalue weighted by molar-refractivity contribution is 0.324. The molecule has 3 aromatic rings. The number of rotatable bonds is 8. The number of hydrogen-bond acceptors (Lipinski definition) is 8. The Morgan fingerprint density at radius 1 is 0.724 bits per heavy atom. The van der Waals surface area contributed by atoms with Gasteiger partial charge in [-0.25, -0.2) is 9.97 Å². The second-order valence-electron chi connectivity index (χ2n) is 5.91. The monoisotopic (exact) mass is 397 g/mol. The van der Waals surface area contributed by atoms with Gasteiger partial charge in [-0.1, -0.05) is 0 Å². The van der Waals surface area contributed by atoms with Crippen molar-refractivity contribution in [3.05, 3.63) is 42.6 Å². The predicted molar refractivity (Wildman–Crippen MR) is 110 cm³/mol. The van der Waals surface area contributed by atoms with Crippen LogP contribution in [0.1, 0.15) is 0 Å². The van der Waals surface area contributed by atoms with E-state index in [1.165, 1.54) is 0 Å². The molecule has 0 radical (unpaired) electrons. The van der Waals surface area contributed by atoms with E-state index in [0.29, 0.717) is 40.4 Å². The van der Waals surface area contributed by atoms with Gasteiger partial charge < -0.3 is 29.0 Å². The van der Waals surface area contributed by atoms with E-state index in [0.717, 1.165) is 11.3 Å².